The van der Waals surface area contributed by atoms with Crippen molar-refractivity contribution in [3.05, 3.63) is 113 Å². The molecule has 1 aromatic heterocycles. The molecule has 0 radical (unpaired) electrons. The lowest BCUT2D eigenvalue weighted by molar-refractivity contribution is 0.397. The molecule has 4 aromatic rings. The summed E-state index contributed by atoms with van der Waals surface area (Å²) in [5.74, 6) is 0.379. The first-order chi connectivity index (χ1) is 17.5. The minimum absolute atomic E-state index is 0.253. The topological polar surface area (TPSA) is 54.2 Å². The van der Waals surface area contributed by atoms with Gasteiger partial charge in [0.1, 0.15) is 5.82 Å². The first kappa shape index (κ1) is 23.9. The number of benzene rings is 3. The normalized spacial score (nSPS) is 15.8. The van der Waals surface area contributed by atoms with Crippen LogP contribution in [0.15, 0.2) is 89.1 Å². The highest BCUT2D eigenvalue weighted by atomic mass is 32.1. The first-order valence-electron chi connectivity index (χ1n) is 12.0. The molecule has 0 bridgehead atoms. The van der Waals surface area contributed by atoms with Gasteiger partial charge in [-0.25, -0.2) is 4.39 Å². The van der Waals surface area contributed by atoms with E-state index in [1.165, 1.54) is 23.3 Å². The largest absolute Gasteiger partial charge is 0.351 e. The van der Waals surface area contributed by atoms with Gasteiger partial charge in [-0.15, -0.1) is 0 Å². The Morgan fingerprint density at radius 2 is 1.78 bits per heavy atom. The van der Waals surface area contributed by atoms with Gasteiger partial charge in [-0.05, 0) is 60.8 Å². The molecule has 7 heteroatoms. The highest BCUT2D eigenvalue weighted by Gasteiger charge is 2.34. The van der Waals surface area contributed by atoms with E-state index in [1.54, 1.807) is 12.1 Å². The van der Waals surface area contributed by atoms with Crippen LogP contribution in [0.5, 0.6) is 0 Å². The van der Waals surface area contributed by atoms with E-state index in [0.29, 0.717) is 28.9 Å². The molecular formula is C29H27FN4OS. The van der Waals surface area contributed by atoms with Crippen molar-refractivity contribution < 1.29 is 8.91 Å². The van der Waals surface area contributed by atoms with Crippen LogP contribution in [0.1, 0.15) is 42.5 Å². The Bertz CT molecular complexity index is 1400. The van der Waals surface area contributed by atoms with Gasteiger partial charge in [-0.3, -0.25) is 0 Å². The van der Waals surface area contributed by atoms with Crippen LogP contribution >= 0.6 is 12.2 Å². The first-order valence-corrected chi connectivity index (χ1v) is 12.5. The van der Waals surface area contributed by atoms with E-state index < -0.39 is 0 Å². The smallest absolute Gasteiger partial charge is 0.258 e. The molecule has 2 heterocycles. The van der Waals surface area contributed by atoms with Gasteiger partial charge in [0.2, 0.25) is 5.82 Å². The van der Waals surface area contributed by atoms with Crippen molar-refractivity contribution in [2.24, 2.45) is 0 Å². The third-order valence-electron chi connectivity index (χ3n) is 6.52. The number of rotatable bonds is 7. The Morgan fingerprint density at radius 1 is 1.00 bits per heavy atom. The maximum absolute atomic E-state index is 13.8. The van der Waals surface area contributed by atoms with E-state index in [9.17, 15) is 4.39 Å². The predicted octanol–water partition coefficient (Wildman–Crippen LogP) is 6.34. The van der Waals surface area contributed by atoms with Crippen LogP contribution in [0, 0.1) is 5.82 Å². The highest BCUT2D eigenvalue weighted by Crippen LogP contribution is 2.37. The lowest BCUT2D eigenvalue weighted by Gasteiger charge is -2.37. The number of nitrogens with one attached hydrogen (secondary N) is 1. The van der Waals surface area contributed by atoms with Gasteiger partial charge >= 0.3 is 0 Å². The van der Waals surface area contributed by atoms with Crippen LogP contribution < -0.4 is 5.32 Å². The zero-order chi connectivity index (χ0) is 25.1. The maximum Gasteiger partial charge on any atom is 0.258 e. The van der Waals surface area contributed by atoms with Crippen molar-refractivity contribution in [1.82, 2.24) is 20.4 Å². The molecule has 1 aliphatic rings. The fraction of sp³-hybridized carbons (Fsp3) is 0.207. The quantitative estimate of drug-likeness (QED) is 0.300. The van der Waals surface area contributed by atoms with Crippen LogP contribution in [-0.2, 0) is 12.8 Å². The van der Waals surface area contributed by atoms with Gasteiger partial charge < -0.3 is 14.7 Å². The molecule has 0 amide bonds. The summed E-state index contributed by atoms with van der Waals surface area (Å²) in [6.07, 6.45) is 1.80. The standard InChI is InChI=1S/C29H27FN4OS/c1-3-20-12-14-22(15-13-20)26-25(28-32-27(33-35-28)23-10-7-11-24(30)18-23)19(2)34(29(36)31-26)17-16-21-8-5-4-6-9-21/h4-15,18,26H,3,16-17H2,1-2H3,(H,31,36). The van der Waals surface area contributed by atoms with Gasteiger partial charge in [0.25, 0.3) is 5.89 Å². The van der Waals surface area contributed by atoms with Crippen molar-refractivity contribution in [2.45, 2.75) is 32.7 Å². The Morgan fingerprint density at radius 3 is 2.50 bits per heavy atom. The fourth-order valence-corrected chi connectivity index (χ4v) is 4.83. The molecule has 1 unspecified atom stereocenters. The molecule has 36 heavy (non-hydrogen) atoms. The summed E-state index contributed by atoms with van der Waals surface area (Å²) >= 11 is 5.82. The Balaban J connectivity index is 1.54. The SMILES string of the molecule is CCc1ccc(C2NC(=S)N(CCc3ccccc3)C(C)=C2c2nc(-c3cccc(F)c3)no2)cc1. The second-order valence-electron chi connectivity index (χ2n) is 8.80. The van der Waals surface area contributed by atoms with E-state index >= 15 is 0 Å². The number of aromatic nitrogens is 2. The van der Waals surface area contributed by atoms with Gasteiger partial charge in [-0.2, -0.15) is 4.98 Å². The minimum Gasteiger partial charge on any atom is -0.351 e. The lowest BCUT2D eigenvalue weighted by atomic mass is 9.93. The molecule has 0 saturated heterocycles. The number of halogens is 1. The molecule has 1 aliphatic heterocycles. The summed E-state index contributed by atoms with van der Waals surface area (Å²) in [5.41, 5.74) is 5.92. The van der Waals surface area contributed by atoms with E-state index in [4.69, 9.17) is 16.7 Å². The van der Waals surface area contributed by atoms with Crippen molar-refractivity contribution in [1.29, 1.82) is 0 Å². The highest BCUT2D eigenvalue weighted by molar-refractivity contribution is 7.80. The summed E-state index contributed by atoms with van der Waals surface area (Å²) in [4.78, 5) is 6.75. The molecular weight excluding hydrogens is 471 g/mol. The Hall–Kier alpha value is -3.84. The summed E-state index contributed by atoms with van der Waals surface area (Å²) in [6, 6.07) is 24.7. The van der Waals surface area contributed by atoms with E-state index in [1.807, 2.05) is 25.1 Å². The summed E-state index contributed by atoms with van der Waals surface area (Å²) in [7, 11) is 0. The number of nitrogens with zero attached hydrogens (tertiary/aromatic N) is 3. The lowest BCUT2D eigenvalue weighted by Crippen LogP contribution is -2.46. The molecule has 5 nitrogen and oxygen atoms in total. The molecule has 0 saturated carbocycles. The maximum atomic E-state index is 13.8. The Kier molecular flexibility index (Phi) is 6.91. The molecule has 0 fully saturated rings. The zero-order valence-electron chi connectivity index (χ0n) is 20.2. The number of hydrogen-bond acceptors (Lipinski definition) is 4. The van der Waals surface area contributed by atoms with E-state index in [-0.39, 0.29) is 11.9 Å². The van der Waals surface area contributed by atoms with Gasteiger partial charge in [0.15, 0.2) is 5.11 Å². The van der Waals surface area contributed by atoms with Crippen molar-refractivity contribution in [2.75, 3.05) is 6.54 Å². The van der Waals surface area contributed by atoms with Crippen LogP contribution in [0.3, 0.4) is 0 Å². The second kappa shape index (κ2) is 10.4. The molecule has 182 valence electrons. The third kappa shape index (κ3) is 4.93. The number of thiocarbonyl (C=S) groups is 1. The van der Waals surface area contributed by atoms with Crippen LogP contribution in [-0.4, -0.2) is 26.7 Å². The minimum atomic E-state index is -0.347. The molecule has 1 N–H and O–H groups in total. The van der Waals surface area contributed by atoms with Crippen LogP contribution in [0.25, 0.3) is 17.0 Å². The fourth-order valence-electron chi connectivity index (χ4n) is 4.49. The van der Waals surface area contributed by atoms with Gasteiger partial charge in [-0.1, -0.05) is 78.8 Å². The second-order valence-corrected chi connectivity index (χ2v) is 9.18. The van der Waals surface area contributed by atoms with Crippen molar-refractivity contribution in [3.8, 4) is 11.4 Å². The summed E-state index contributed by atoms with van der Waals surface area (Å²) in [5, 5.41) is 8.32. The predicted molar refractivity (Wildman–Crippen MR) is 143 cm³/mol. The molecule has 0 aliphatic carbocycles. The van der Waals surface area contributed by atoms with E-state index in [0.717, 1.165) is 29.7 Å². The van der Waals surface area contributed by atoms with Crippen molar-refractivity contribution in [3.63, 3.8) is 0 Å². The van der Waals surface area contributed by atoms with Crippen molar-refractivity contribution >= 4 is 22.9 Å². The van der Waals surface area contributed by atoms with Gasteiger partial charge in [0.05, 0.1) is 11.6 Å². The Labute approximate surface area is 215 Å². The molecule has 1 atom stereocenters. The van der Waals surface area contributed by atoms with Gasteiger partial charge in [0, 0.05) is 17.8 Å². The average Bonchev–Trinajstić information content (AvgIpc) is 3.39. The van der Waals surface area contributed by atoms with Crippen LogP contribution in [0.2, 0.25) is 0 Å². The van der Waals surface area contributed by atoms with E-state index in [2.05, 4.69) is 63.7 Å². The molecule has 3 aromatic carbocycles. The number of allylic oxidation sites excluding steroid dienone is 1. The third-order valence-corrected chi connectivity index (χ3v) is 6.86. The summed E-state index contributed by atoms with van der Waals surface area (Å²) < 4.78 is 19.6. The molecule has 0 spiro atoms. The summed E-state index contributed by atoms with van der Waals surface area (Å²) in [6.45, 7) is 4.87. The number of aryl methyl sites for hydroxylation is 1. The van der Waals surface area contributed by atoms with Crippen LogP contribution in [0.4, 0.5) is 4.39 Å². The monoisotopic (exact) mass is 498 g/mol. The average molecular weight is 499 g/mol. The number of hydrogen-bond donors (Lipinski definition) is 1. The molecule has 5 rings (SSSR count). The zero-order valence-corrected chi connectivity index (χ0v) is 21.1.